The maximum absolute atomic E-state index is 6.45. The third kappa shape index (κ3) is 3.47. The minimum atomic E-state index is -0.119. The Morgan fingerprint density at radius 2 is 1.16 bits per heavy atom. The van der Waals surface area contributed by atoms with Gasteiger partial charge in [-0.3, -0.25) is 0 Å². The van der Waals surface area contributed by atoms with Crippen LogP contribution in [0.15, 0.2) is 144 Å². The van der Waals surface area contributed by atoms with Crippen LogP contribution < -0.4 is 4.90 Å². The van der Waals surface area contributed by atoms with Gasteiger partial charge in [-0.2, -0.15) is 0 Å². The van der Waals surface area contributed by atoms with Crippen LogP contribution in [0.2, 0.25) is 0 Å². The molecule has 1 aromatic heterocycles. The molecule has 0 saturated carbocycles. The van der Waals surface area contributed by atoms with E-state index in [0.717, 1.165) is 49.8 Å². The third-order valence-corrected chi connectivity index (χ3v) is 9.42. The number of benzene rings is 7. The van der Waals surface area contributed by atoms with E-state index in [-0.39, 0.29) is 5.41 Å². The molecule has 43 heavy (non-hydrogen) atoms. The highest BCUT2D eigenvalue weighted by molar-refractivity contribution is 6.17. The van der Waals surface area contributed by atoms with Crippen LogP contribution in [0.25, 0.3) is 54.6 Å². The third-order valence-electron chi connectivity index (χ3n) is 9.42. The molecule has 204 valence electrons. The SMILES string of the molecule is CC1(C)c2cc(N(c3ccccc3)c3cccc4c3ccc3c5ccccc5oc43)ccc2-c2cc3ccccc3cc21. The Balaban J connectivity index is 1.27. The van der Waals surface area contributed by atoms with Crippen molar-refractivity contribution in [1.29, 1.82) is 0 Å². The van der Waals surface area contributed by atoms with Crippen LogP contribution >= 0.6 is 0 Å². The summed E-state index contributed by atoms with van der Waals surface area (Å²) in [7, 11) is 0. The number of rotatable bonds is 3. The van der Waals surface area contributed by atoms with Crippen LogP contribution in [0.4, 0.5) is 17.1 Å². The first-order valence-corrected chi connectivity index (χ1v) is 14.9. The van der Waals surface area contributed by atoms with Crippen LogP contribution in [0, 0.1) is 0 Å². The van der Waals surface area contributed by atoms with E-state index in [9.17, 15) is 0 Å². The van der Waals surface area contributed by atoms with Crippen molar-refractivity contribution < 1.29 is 4.42 Å². The molecule has 0 aliphatic heterocycles. The molecule has 0 unspecified atom stereocenters. The molecular formula is C41H29NO. The minimum absolute atomic E-state index is 0.119. The van der Waals surface area contributed by atoms with E-state index < -0.39 is 0 Å². The molecule has 0 saturated heterocycles. The summed E-state index contributed by atoms with van der Waals surface area (Å²) in [5.74, 6) is 0. The Morgan fingerprint density at radius 3 is 2.02 bits per heavy atom. The number of nitrogens with zero attached hydrogens (tertiary/aromatic N) is 1. The van der Waals surface area contributed by atoms with E-state index in [1.165, 1.54) is 33.0 Å². The quantitative estimate of drug-likeness (QED) is 0.217. The molecule has 1 aliphatic carbocycles. The summed E-state index contributed by atoms with van der Waals surface area (Å²) in [6.45, 7) is 4.72. The zero-order chi connectivity index (χ0) is 28.7. The predicted octanol–water partition coefficient (Wildman–Crippen LogP) is 11.7. The average Bonchev–Trinajstić information content (AvgIpc) is 3.53. The first-order valence-electron chi connectivity index (χ1n) is 14.9. The van der Waals surface area contributed by atoms with Crippen molar-refractivity contribution in [2.24, 2.45) is 0 Å². The van der Waals surface area contributed by atoms with Gasteiger partial charge in [0.25, 0.3) is 0 Å². The molecule has 2 nitrogen and oxygen atoms in total. The van der Waals surface area contributed by atoms with Gasteiger partial charge in [-0.05, 0) is 87.6 Å². The lowest BCUT2D eigenvalue weighted by molar-refractivity contribution is 0.661. The molecule has 2 heteroatoms. The van der Waals surface area contributed by atoms with Gasteiger partial charge in [-0.25, -0.2) is 0 Å². The lowest BCUT2D eigenvalue weighted by Crippen LogP contribution is -2.16. The zero-order valence-corrected chi connectivity index (χ0v) is 24.1. The van der Waals surface area contributed by atoms with Gasteiger partial charge < -0.3 is 9.32 Å². The van der Waals surface area contributed by atoms with Gasteiger partial charge in [-0.15, -0.1) is 0 Å². The standard InChI is InChI=1S/C41H29NO/c1-41(2)36-24-27-12-7-6-11-26(27)23-35(36)30-20-19-29(25-37(30)41)42(28-13-4-3-5-14-28)38-17-10-16-33-31(38)21-22-34-32-15-8-9-18-39(32)43-40(33)34/h3-25H,1-2H3. The number of hydrogen-bond acceptors (Lipinski definition) is 2. The second kappa shape index (κ2) is 8.83. The molecule has 9 rings (SSSR count). The van der Waals surface area contributed by atoms with Crippen LogP contribution in [-0.2, 0) is 5.41 Å². The average molecular weight is 552 g/mol. The van der Waals surface area contributed by atoms with Gasteiger partial charge in [0, 0.05) is 38.3 Å². The summed E-state index contributed by atoms with van der Waals surface area (Å²) in [4.78, 5) is 2.40. The summed E-state index contributed by atoms with van der Waals surface area (Å²) in [6, 6.07) is 50.5. The second-order valence-electron chi connectivity index (χ2n) is 12.2. The second-order valence-corrected chi connectivity index (χ2v) is 12.2. The van der Waals surface area contributed by atoms with E-state index >= 15 is 0 Å². The molecule has 0 fully saturated rings. The Hall–Kier alpha value is -5.34. The van der Waals surface area contributed by atoms with Crippen molar-refractivity contribution in [3.8, 4) is 11.1 Å². The summed E-state index contributed by atoms with van der Waals surface area (Å²) in [5.41, 5.74) is 10.6. The molecule has 7 aromatic carbocycles. The zero-order valence-electron chi connectivity index (χ0n) is 24.1. The Labute approximate surface area is 250 Å². The van der Waals surface area contributed by atoms with Gasteiger partial charge in [-0.1, -0.05) is 98.8 Å². The van der Waals surface area contributed by atoms with Crippen molar-refractivity contribution in [2.75, 3.05) is 4.90 Å². The fourth-order valence-corrected chi connectivity index (χ4v) is 7.27. The molecule has 0 bridgehead atoms. The monoisotopic (exact) mass is 551 g/mol. The molecule has 1 aliphatic rings. The molecule has 0 radical (unpaired) electrons. The topological polar surface area (TPSA) is 16.4 Å². The normalized spacial score (nSPS) is 13.5. The maximum Gasteiger partial charge on any atom is 0.143 e. The van der Waals surface area contributed by atoms with Crippen LogP contribution in [-0.4, -0.2) is 0 Å². The Bertz CT molecular complexity index is 2380. The van der Waals surface area contributed by atoms with Crippen molar-refractivity contribution in [2.45, 2.75) is 19.3 Å². The first kappa shape index (κ1) is 24.3. The summed E-state index contributed by atoms with van der Waals surface area (Å²) in [5, 5.41) is 7.15. The smallest absolute Gasteiger partial charge is 0.143 e. The number of anilines is 3. The largest absolute Gasteiger partial charge is 0.455 e. The van der Waals surface area contributed by atoms with Gasteiger partial charge in [0.2, 0.25) is 0 Å². The number of hydrogen-bond donors (Lipinski definition) is 0. The molecule has 0 spiro atoms. The molecule has 8 aromatic rings. The minimum Gasteiger partial charge on any atom is -0.455 e. The van der Waals surface area contributed by atoms with Crippen LogP contribution in [0.1, 0.15) is 25.0 Å². The first-order chi connectivity index (χ1) is 21.1. The van der Waals surface area contributed by atoms with Gasteiger partial charge in [0.1, 0.15) is 11.2 Å². The van der Waals surface area contributed by atoms with E-state index in [1.807, 2.05) is 6.07 Å². The molecular weight excluding hydrogens is 522 g/mol. The number of para-hydroxylation sites is 2. The lowest BCUT2D eigenvalue weighted by Gasteiger charge is -2.29. The fraction of sp³-hybridized carbons (Fsp3) is 0.0732. The summed E-state index contributed by atoms with van der Waals surface area (Å²) in [6.07, 6.45) is 0. The number of fused-ring (bicyclic) bond motifs is 9. The van der Waals surface area contributed by atoms with Gasteiger partial charge >= 0.3 is 0 Å². The molecule has 0 amide bonds. The van der Waals surface area contributed by atoms with E-state index in [0.29, 0.717) is 0 Å². The maximum atomic E-state index is 6.45. The Kier molecular flexibility index (Phi) is 4.99. The van der Waals surface area contributed by atoms with Gasteiger partial charge in [0.05, 0.1) is 5.69 Å². The highest BCUT2D eigenvalue weighted by Crippen LogP contribution is 2.52. The van der Waals surface area contributed by atoms with Crippen molar-refractivity contribution >= 4 is 60.5 Å². The number of furan rings is 1. The fourth-order valence-electron chi connectivity index (χ4n) is 7.27. The molecule has 0 N–H and O–H groups in total. The predicted molar refractivity (Wildman–Crippen MR) is 181 cm³/mol. The summed E-state index contributed by atoms with van der Waals surface area (Å²) < 4.78 is 6.45. The Morgan fingerprint density at radius 1 is 0.488 bits per heavy atom. The van der Waals surface area contributed by atoms with Crippen molar-refractivity contribution in [3.63, 3.8) is 0 Å². The molecule has 0 atom stereocenters. The van der Waals surface area contributed by atoms with E-state index in [4.69, 9.17) is 4.42 Å². The summed E-state index contributed by atoms with van der Waals surface area (Å²) >= 11 is 0. The van der Waals surface area contributed by atoms with E-state index in [1.54, 1.807) is 0 Å². The lowest BCUT2D eigenvalue weighted by atomic mass is 9.81. The highest BCUT2D eigenvalue weighted by atomic mass is 16.3. The van der Waals surface area contributed by atoms with E-state index in [2.05, 4.69) is 152 Å². The van der Waals surface area contributed by atoms with Crippen LogP contribution in [0.3, 0.4) is 0 Å². The van der Waals surface area contributed by atoms with Gasteiger partial charge in [0.15, 0.2) is 0 Å². The van der Waals surface area contributed by atoms with Crippen molar-refractivity contribution in [3.05, 3.63) is 151 Å². The molecule has 1 heterocycles. The van der Waals surface area contributed by atoms with Crippen LogP contribution in [0.5, 0.6) is 0 Å². The highest BCUT2D eigenvalue weighted by Gasteiger charge is 2.36. The van der Waals surface area contributed by atoms with Crippen molar-refractivity contribution in [1.82, 2.24) is 0 Å².